The molecule has 29 heavy (non-hydrogen) atoms. The predicted molar refractivity (Wildman–Crippen MR) is 101 cm³/mol. The molecule has 1 heterocycles. The van der Waals surface area contributed by atoms with Gasteiger partial charge in [-0.3, -0.25) is 0 Å². The minimum atomic E-state index is -4.53. The number of aryl methyl sites for hydroxylation is 1. The minimum absolute atomic E-state index is 0.0209. The van der Waals surface area contributed by atoms with E-state index in [0.717, 1.165) is 11.1 Å². The average Bonchev–Trinajstić information content (AvgIpc) is 3.17. The average molecular weight is 429 g/mol. The van der Waals surface area contributed by atoms with Crippen molar-refractivity contribution in [2.45, 2.75) is 26.6 Å². The quantitative estimate of drug-likeness (QED) is 0.378. The third-order valence-corrected chi connectivity index (χ3v) is 4.68. The zero-order chi connectivity index (χ0) is 21.6. The molecule has 1 aromatic heterocycles. The molecule has 0 aliphatic rings. The van der Waals surface area contributed by atoms with Crippen LogP contribution in [-0.2, 0) is 32.0 Å². The predicted octanol–water partition coefficient (Wildman–Crippen LogP) is 3.93. The number of carbonyl (C=O) groups is 1. The van der Waals surface area contributed by atoms with Gasteiger partial charge < -0.3 is 14.4 Å². The molecule has 0 fully saturated rings. The monoisotopic (exact) mass is 429 g/mol. The van der Waals surface area contributed by atoms with Crippen molar-refractivity contribution < 1.29 is 32.4 Å². The fourth-order valence-electron chi connectivity index (χ4n) is 2.44. The first-order chi connectivity index (χ1) is 13.7. The van der Waals surface area contributed by atoms with E-state index in [2.05, 4.69) is 15.3 Å². The second kappa shape index (κ2) is 9.50. The first-order valence-electron chi connectivity index (χ1n) is 8.16. The number of hydrogen-bond acceptors (Lipinski definition) is 8. The summed E-state index contributed by atoms with van der Waals surface area (Å²) < 4.78 is 43.8. The lowest BCUT2D eigenvalue weighted by atomic mass is 9.99. The van der Waals surface area contributed by atoms with Crippen molar-refractivity contribution in [2.75, 3.05) is 14.2 Å². The number of halogens is 3. The topological polar surface area (TPSA) is 82.4 Å². The molecule has 0 amide bonds. The number of carbonyl (C=O) groups excluding carboxylic acids is 1. The molecule has 0 atom stereocenters. The van der Waals surface area contributed by atoms with Crippen LogP contribution in [0.4, 0.5) is 13.2 Å². The van der Waals surface area contributed by atoms with E-state index in [9.17, 15) is 18.0 Å². The normalized spacial score (nSPS) is 12.7. The van der Waals surface area contributed by atoms with Gasteiger partial charge in [0.05, 0.1) is 12.6 Å². The Balaban J connectivity index is 2.30. The second-order valence-corrected chi connectivity index (χ2v) is 6.55. The highest BCUT2D eigenvalue weighted by Crippen LogP contribution is 2.35. The Hall–Kier alpha value is -2.95. The van der Waals surface area contributed by atoms with Gasteiger partial charge in [-0.2, -0.15) is 13.2 Å². The van der Waals surface area contributed by atoms with E-state index >= 15 is 0 Å². The van der Waals surface area contributed by atoms with Gasteiger partial charge in [-0.05, 0) is 19.4 Å². The minimum Gasteiger partial charge on any atom is -0.464 e. The summed E-state index contributed by atoms with van der Waals surface area (Å²) in [6.45, 7) is 3.03. The van der Waals surface area contributed by atoms with Gasteiger partial charge in [0, 0.05) is 11.1 Å². The van der Waals surface area contributed by atoms with Crippen LogP contribution in [0, 0.1) is 6.92 Å². The Morgan fingerprint density at radius 1 is 1.24 bits per heavy atom. The smallest absolute Gasteiger partial charge is 0.427 e. The number of oxime groups is 2. The van der Waals surface area contributed by atoms with E-state index in [1.165, 1.54) is 21.1 Å². The molecule has 7 nitrogen and oxygen atoms in total. The van der Waals surface area contributed by atoms with Gasteiger partial charge in [0.1, 0.15) is 30.0 Å². The number of methoxy groups -OCH3 is 1. The number of alkyl halides is 3. The van der Waals surface area contributed by atoms with E-state index in [0.29, 0.717) is 22.5 Å². The van der Waals surface area contributed by atoms with Crippen LogP contribution in [-0.4, -0.2) is 36.6 Å². The summed E-state index contributed by atoms with van der Waals surface area (Å²) >= 11 is 0.481. The van der Waals surface area contributed by atoms with Crippen LogP contribution in [0.5, 0.6) is 0 Å². The molecular formula is C18H18F3N3O4S. The number of hydrogen-bond donors (Lipinski definition) is 0. The molecule has 11 heteroatoms. The van der Waals surface area contributed by atoms with E-state index in [-0.39, 0.29) is 23.7 Å². The number of aromatic nitrogens is 1. The highest BCUT2D eigenvalue weighted by atomic mass is 32.1. The number of benzene rings is 1. The molecule has 0 aliphatic heterocycles. The standard InChI is InChI=1S/C18H18F3N3O4S/c1-10-6-5-7-12(15(24-27-4)17(25)26-3)13(10)8-28-23-11(2)14-16(18(19,20)21)29-9-22-14/h5-7,9H,8H2,1-4H3/b23-11+,24-15+. The van der Waals surface area contributed by atoms with Crippen LogP contribution < -0.4 is 0 Å². The van der Waals surface area contributed by atoms with Crippen molar-refractivity contribution in [1.29, 1.82) is 0 Å². The maximum Gasteiger partial charge on any atom is 0.427 e. The summed E-state index contributed by atoms with van der Waals surface area (Å²) in [5.41, 5.74) is 2.43. The molecule has 0 unspecified atom stereocenters. The third kappa shape index (κ3) is 5.31. The molecular weight excluding hydrogens is 411 g/mol. The van der Waals surface area contributed by atoms with E-state index in [1.807, 2.05) is 0 Å². The van der Waals surface area contributed by atoms with E-state index in [1.54, 1.807) is 25.1 Å². The van der Waals surface area contributed by atoms with Gasteiger partial charge in [0.15, 0.2) is 5.71 Å². The van der Waals surface area contributed by atoms with Crippen LogP contribution in [0.2, 0.25) is 0 Å². The molecule has 0 bridgehead atoms. The Bertz CT molecular complexity index is 939. The van der Waals surface area contributed by atoms with Crippen molar-refractivity contribution in [2.24, 2.45) is 10.3 Å². The summed E-state index contributed by atoms with van der Waals surface area (Å²) in [5.74, 6) is -0.712. The lowest BCUT2D eigenvalue weighted by Gasteiger charge is -2.12. The molecule has 1 aromatic carbocycles. The molecule has 0 aliphatic carbocycles. The summed E-state index contributed by atoms with van der Waals surface area (Å²) in [6, 6.07) is 5.11. The lowest BCUT2D eigenvalue weighted by Crippen LogP contribution is -2.20. The van der Waals surface area contributed by atoms with Crippen molar-refractivity contribution in [3.63, 3.8) is 0 Å². The number of thiazole rings is 1. The number of rotatable bonds is 7. The molecule has 2 aromatic rings. The SMILES string of the molecule is CO/N=C(/C(=O)OC)c1cccc(C)c1CO/N=C(\C)c1ncsc1C(F)(F)F. The Labute approximate surface area is 168 Å². The molecule has 0 saturated carbocycles. The van der Waals surface area contributed by atoms with Crippen LogP contribution in [0.15, 0.2) is 34.0 Å². The molecule has 0 N–H and O–H groups in total. The van der Waals surface area contributed by atoms with Gasteiger partial charge in [-0.25, -0.2) is 9.78 Å². The maximum atomic E-state index is 13.0. The van der Waals surface area contributed by atoms with E-state index < -0.39 is 17.0 Å². The second-order valence-electron chi connectivity index (χ2n) is 5.69. The summed E-state index contributed by atoms with van der Waals surface area (Å²) in [7, 11) is 2.49. The summed E-state index contributed by atoms with van der Waals surface area (Å²) in [6.07, 6.45) is -4.53. The van der Waals surface area contributed by atoms with Gasteiger partial charge in [0.25, 0.3) is 0 Å². The number of nitrogens with zero attached hydrogens (tertiary/aromatic N) is 3. The van der Waals surface area contributed by atoms with Crippen LogP contribution in [0.25, 0.3) is 0 Å². The first-order valence-corrected chi connectivity index (χ1v) is 9.04. The summed E-state index contributed by atoms with van der Waals surface area (Å²) in [4.78, 5) is 24.9. The molecule has 0 saturated heterocycles. The first kappa shape index (κ1) is 22.3. The zero-order valence-electron chi connectivity index (χ0n) is 16.0. The highest BCUT2D eigenvalue weighted by molar-refractivity contribution is 7.10. The van der Waals surface area contributed by atoms with Crippen molar-refractivity contribution in [1.82, 2.24) is 4.98 Å². The van der Waals surface area contributed by atoms with Crippen molar-refractivity contribution in [3.8, 4) is 0 Å². The molecule has 0 spiro atoms. The Morgan fingerprint density at radius 3 is 2.59 bits per heavy atom. The van der Waals surface area contributed by atoms with E-state index in [4.69, 9.17) is 14.4 Å². The largest absolute Gasteiger partial charge is 0.464 e. The molecule has 2 rings (SSSR count). The zero-order valence-corrected chi connectivity index (χ0v) is 16.8. The van der Waals surface area contributed by atoms with Crippen LogP contribution >= 0.6 is 11.3 Å². The van der Waals surface area contributed by atoms with Gasteiger partial charge in [-0.1, -0.05) is 28.5 Å². The molecule has 0 radical (unpaired) electrons. The van der Waals surface area contributed by atoms with Gasteiger partial charge >= 0.3 is 12.1 Å². The highest BCUT2D eigenvalue weighted by Gasteiger charge is 2.36. The third-order valence-electron chi connectivity index (χ3n) is 3.80. The van der Waals surface area contributed by atoms with Crippen LogP contribution in [0.3, 0.4) is 0 Å². The van der Waals surface area contributed by atoms with Crippen LogP contribution in [0.1, 0.15) is 34.2 Å². The number of ether oxygens (including phenoxy) is 1. The van der Waals surface area contributed by atoms with Gasteiger partial charge in [-0.15, -0.1) is 11.3 Å². The van der Waals surface area contributed by atoms with Gasteiger partial charge in [0.2, 0.25) is 0 Å². The fourth-order valence-corrected chi connectivity index (χ4v) is 3.15. The summed E-state index contributed by atoms with van der Waals surface area (Å²) in [5, 5.41) is 7.47. The molecule has 156 valence electrons. The van der Waals surface area contributed by atoms with Crippen molar-refractivity contribution in [3.05, 3.63) is 51.0 Å². The lowest BCUT2D eigenvalue weighted by molar-refractivity contribution is -0.134. The Morgan fingerprint density at radius 2 is 1.97 bits per heavy atom. The maximum absolute atomic E-state index is 13.0. The van der Waals surface area contributed by atoms with Crippen molar-refractivity contribution >= 4 is 28.7 Å². The Kier molecular flexibility index (Phi) is 7.32. The fraction of sp³-hybridized carbons (Fsp3) is 0.333. The number of esters is 1.